The van der Waals surface area contributed by atoms with Crippen molar-refractivity contribution in [1.82, 2.24) is 19.8 Å². The zero-order valence-corrected chi connectivity index (χ0v) is 14.1. The Morgan fingerprint density at radius 2 is 2.00 bits per heavy atom. The van der Waals surface area contributed by atoms with Gasteiger partial charge in [-0.3, -0.25) is 0 Å². The molecule has 0 amide bonds. The van der Waals surface area contributed by atoms with Crippen molar-refractivity contribution >= 4 is 11.3 Å². The van der Waals surface area contributed by atoms with Gasteiger partial charge in [0.15, 0.2) is 11.6 Å². The summed E-state index contributed by atoms with van der Waals surface area (Å²) in [6.07, 6.45) is 1.57. The van der Waals surface area contributed by atoms with Crippen LogP contribution in [0.15, 0.2) is 30.6 Å². The molecule has 0 aliphatic carbocycles. The molecule has 0 fully saturated rings. The van der Waals surface area contributed by atoms with Gasteiger partial charge in [0.1, 0.15) is 6.33 Å². The second kappa shape index (κ2) is 6.43. The van der Waals surface area contributed by atoms with Gasteiger partial charge in [-0.05, 0) is 36.6 Å². The van der Waals surface area contributed by atoms with Gasteiger partial charge in [0.2, 0.25) is 5.65 Å². The Labute approximate surface area is 139 Å². The molecule has 1 N–H and O–H groups in total. The Morgan fingerprint density at radius 3 is 2.67 bits per heavy atom. The number of anilines is 1. The molecule has 1 aromatic carbocycles. The molecule has 2 aromatic heterocycles. The molecule has 0 saturated carbocycles. The minimum atomic E-state index is -0.381. The van der Waals surface area contributed by atoms with Gasteiger partial charge in [-0.25, -0.2) is 4.39 Å². The van der Waals surface area contributed by atoms with Gasteiger partial charge >= 0.3 is 0 Å². The van der Waals surface area contributed by atoms with Crippen molar-refractivity contribution in [3.63, 3.8) is 0 Å². The summed E-state index contributed by atoms with van der Waals surface area (Å²) in [6.45, 7) is 6.11. The number of methoxy groups -OCH3 is 1. The van der Waals surface area contributed by atoms with Crippen LogP contribution in [-0.4, -0.2) is 26.9 Å². The minimum absolute atomic E-state index is 0.117. The van der Waals surface area contributed by atoms with E-state index >= 15 is 0 Å². The number of nitrogens with one attached hydrogen (secondary N) is 1. The zero-order valence-electron chi connectivity index (χ0n) is 14.1. The Kier molecular flexibility index (Phi) is 4.33. The predicted molar refractivity (Wildman–Crippen MR) is 89.9 cm³/mol. The van der Waals surface area contributed by atoms with E-state index in [1.807, 2.05) is 19.1 Å². The van der Waals surface area contributed by atoms with Crippen LogP contribution in [0.4, 0.5) is 10.1 Å². The van der Waals surface area contributed by atoms with Crippen molar-refractivity contribution in [3.05, 3.63) is 47.7 Å². The lowest BCUT2D eigenvalue weighted by Gasteiger charge is -2.18. The molecule has 24 heavy (non-hydrogen) atoms. The maximum Gasteiger partial charge on any atom is 0.200 e. The fraction of sp³-hybridized carbons (Fsp3) is 0.353. The Morgan fingerprint density at radius 1 is 1.21 bits per heavy atom. The number of hydrogen-bond donors (Lipinski definition) is 1. The first-order valence-electron chi connectivity index (χ1n) is 7.80. The minimum Gasteiger partial charge on any atom is -0.494 e. The standard InChI is InChI=1S/C17H20FN5O/c1-10(2)14-8-15(17-21-19-9-23(17)22-14)20-11(3)12-5-6-16(24-4)13(18)7-12/h5-11,20H,1-4H3. The monoisotopic (exact) mass is 329 g/mol. The molecule has 7 heteroatoms. The van der Waals surface area contributed by atoms with E-state index in [0.717, 1.165) is 16.9 Å². The number of hydrogen-bond acceptors (Lipinski definition) is 5. The van der Waals surface area contributed by atoms with Crippen LogP contribution < -0.4 is 10.1 Å². The first-order valence-corrected chi connectivity index (χ1v) is 7.80. The van der Waals surface area contributed by atoms with Gasteiger partial charge in [0, 0.05) is 6.04 Å². The fourth-order valence-electron chi connectivity index (χ4n) is 2.50. The SMILES string of the molecule is COc1ccc(C(C)Nc2cc(C(C)C)nn3cnnc23)cc1F. The summed E-state index contributed by atoms with van der Waals surface area (Å²) in [4.78, 5) is 0. The van der Waals surface area contributed by atoms with Gasteiger partial charge < -0.3 is 10.1 Å². The average molecular weight is 329 g/mol. The number of aromatic nitrogens is 4. The molecule has 0 spiro atoms. The number of ether oxygens (including phenoxy) is 1. The molecule has 0 aliphatic heterocycles. The van der Waals surface area contributed by atoms with Crippen LogP contribution in [0, 0.1) is 5.82 Å². The summed E-state index contributed by atoms with van der Waals surface area (Å²) in [5.74, 6) is 0.122. The number of benzene rings is 1. The Hall–Kier alpha value is -2.70. The molecule has 126 valence electrons. The third-order valence-electron chi connectivity index (χ3n) is 3.93. The number of rotatable bonds is 5. The molecular formula is C17H20FN5O. The highest BCUT2D eigenvalue weighted by Gasteiger charge is 2.14. The Balaban J connectivity index is 1.94. The topological polar surface area (TPSA) is 64.3 Å². The van der Waals surface area contributed by atoms with Gasteiger partial charge in [0.25, 0.3) is 0 Å². The summed E-state index contributed by atoms with van der Waals surface area (Å²) in [7, 11) is 1.45. The van der Waals surface area contributed by atoms with Crippen LogP contribution in [0.5, 0.6) is 5.75 Å². The van der Waals surface area contributed by atoms with Crippen LogP contribution in [-0.2, 0) is 0 Å². The van der Waals surface area contributed by atoms with Crippen molar-refractivity contribution in [1.29, 1.82) is 0 Å². The smallest absolute Gasteiger partial charge is 0.200 e. The van der Waals surface area contributed by atoms with E-state index in [9.17, 15) is 4.39 Å². The molecule has 6 nitrogen and oxygen atoms in total. The van der Waals surface area contributed by atoms with E-state index in [1.165, 1.54) is 13.2 Å². The van der Waals surface area contributed by atoms with E-state index in [4.69, 9.17) is 4.74 Å². The highest BCUT2D eigenvalue weighted by Crippen LogP contribution is 2.27. The summed E-state index contributed by atoms with van der Waals surface area (Å²) >= 11 is 0. The molecule has 0 saturated heterocycles. The van der Waals surface area contributed by atoms with Crippen LogP contribution in [0.25, 0.3) is 5.65 Å². The molecule has 0 bridgehead atoms. The molecular weight excluding hydrogens is 309 g/mol. The van der Waals surface area contributed by atoms with Crippen LogP contribution >= 0.6 is 0 Å². The Bertz CT molecular complexity index is 861. The number of fused-ring (bicyclic) bond motifs is 1. The summed E-state index contributed by atoms with van der Waals surface area (Å²) in [5, 5.41) is 15.9. The van der Waals surface area contributed by atoms with Gasteiger partial charge in [-0.2, -0.15) is 9.61 Å². The quantitative estimate of drug-likeness (QED) is 0.775. The molecule has 0 radical (unpaired) electrons. The van der Waals surface area contributed by atoms with Gasteiger partial charge in [-0.15, -0.1) is 10.2 Å². The largest absolute Gasteiger partial charge is 0.494 e. The van der Waals surface area contributed by atoms with Crippen molar-refractivity contribution in [2.24, 2.45) is 0 Å². The van der Waals surface area contributed by atoms with E-state index in [1.54, 1.807) is 16.9 Å². The first-order chi connectivity index (χ1) is 11.5. The third-order valence-corrected chi connectivity index (χ3v) is 3.93. The maximum absolute atomic E-state index is 13.9. The van der Waals surface area contributed by atoms with Gasteiger partial charge in [-0.1, -0.05) is 19.9 Å². The molecule has 2 heterocycles. The lowest BCUT2D eigenvalue weighted by molar-refractivity contribution is 0.386. The maximum atomic E-state index is 13.9. The number of nitrogens with zero attached hydrogens (tertiary/aromatic N) is 4. The molecule has 3 rings (SSSR count). The van der Waals surface area contributed by atoms with Gasteiger partial charge in [0.05, 0.1) is 18.5 Å². The zero-order chi connectivity index (χ0) is 17.3. The van der Waals surface area contributed by atoms with Crippen LogP contribution in [0.2, 0.25) is 0 Å². The van der Waals surface area contributed by atoms with Crippen molar-refractivity contribution in [2.75, 3.05) is 12.4 Å². The second-order valence-corrected chi connectivity index (χ2v) is 6.00. The molecule has 1 atom stereocenters. The van der Waals surface area contributed by atoms with Crippen molar-refractivity contribution in [3.8, 4) is 5.75 Å². The highest BCUT2D eigenvalue weighted by molar-refractivity contribution is 5.67. The predicted octanol–water partition coefficient (Wildman–Crippen LogP) is 3.57. The average Bonchev–Trinajstić information content (AvgIpc) is 3.03. The molecule has 1 unspecified atom stereocenters. The lowest BCUT2D eigenvalue weighted by atomic mass is 10.1. The van der Waals surface area contributed by atoms with E-state index in [2.05, 4.69) is 34.5 Å². The van der Waals surface area contributed by atoms with E-state index < -0.39 is 0 Å². The molecule has 3 aromatic rings. The van der Waals surface area contributed by atoms with Crippen molar-refractivity contribution in [2.45, 2.75) is 32.7 Å². The number of halogens is 1. The van der Waals surface area contributed by atoms with E-state index in [-0.39, 0.29) is 23.5 Å². The lowest BCUT2D eigenvalue weighted by Crippen LogP contribution is -2.10. The van der Waals surface area contributed by atoms with E-state index in [0.29, 0.717) is 5.65 Å². The summed E-state index contributed by atoms with van der Waals surface area (Å²) in [6, 6.07) is 6.79. The summed E-state index contributed by atoms with van der Waals surface area (Å²) < 4.78 is 20.5. The fourth-order valence-corrected chi connectivity index (χ4v) is 2.50. The summed E-state index contributed by atoms with van der Waals surface area (Å²) in [5.41, 5.74) is 3.20. The first kappa shape index (κ1) is 16.2. The highest BCUT2D eigenvalue weighted by atomic mass is 19.1. The second-order valence-electron chi connectivity index (χ2n) is 6.00. The normalized spacial score (nSPS) is 12.6. The van der Waals surface area contributed by atoms with Crippen LogP contribution in [0.3, 0.4) is 0 Å². The van der Waals surface area contributed by atoms with Crippen LogP contribution in [0.1, 0.15) is 44.0 Å². The third kappa shape index (κ3) is 3.02. The molecule has 0 aliphatic rings. The van der Waals surface area contributed by atoms with Crippen molar-refractivity contribution < 1.29 is 9.13 Å².